The lowest BCUT2D eigenvalue weighted by atomic mass is 10.0. The lowest BCUT2D eigenvalue weighted by Crippen LogP contribution is -2.27. The molecule has 3 rings (SSSR count). The minimum absolute atomic E-state index is 0.282. The Bertz CT molecular complexity index is 769. The molecule has 1 aliphatic heterocycles. The van der Waals surface area contributed by atoms with E-state index < -0.39 is 5.97 Å². The van der Waals surface area contributed by atoms with Crippen LogP contribution in [-0.4, -0.2) is 37.7 Å². The number of aryl methyl sites for hydroxylation is 1. The van der Waals surface area contributed by atoms with Gasteiger partial charge in [0.25, 0.3) is 0 Å². The molecule has 0 aliphatic carbocycles. The summed E-state index contributed by atoms with van der Waals surface area (Å²) in [6.07, 6.45) is 3.66. The predicted molar refractivity (Wildman–Crippen MR) is 92.8 cm³/mol. The Morgan fingerprint density at radius 1 is 1.29 bits per heavy atom. The number of esters is 1. The van der Waals surface area contributed by atoms with Crippen molar-refractivity contribution in [3.8, 4) is 0 Å². The molecular formula is C17H20N4O3. The number of benzene rings is 1. The molecule has 0 spiro atoms. The van der Waals surface area contributed by atoms with Crippen molar-refractivity contribution in [2.24, 2.45) is 0 Å². The average Bonchev–Trinajstić information content (AvgIpc) is 3.02. The van der Waals surface area contributed by atoms with E-state index in [1.165, 1.54) is 18.7 Å². The van der Waals surface area contributed by atoms with Crippen LogP contribution in [0.3, 0.4) is 0 Å². The average molecular weight is 328 g/mol. The summed E-state index contributed by atoms with van der Waals surface area (Å²) in [6.45, 7) is 0.966. The van der Waals surface area contributed by atoms with E-state index in [0.717, 1.165) is 30.8 Å². The number of para-hydroxylation sites is 1. The number of ether oxygens (including phenoxy) is 1. The smallest absolute Gasteiger partial charge is 0.354 e. The van der Waals surface area contributed by atoms with E-state index in [4.69, 9.17) is 0 Å². The summed E-state index contributed by atoms with van der Waals surface area (Å²) in [5.41, 5.74) is 3.84. The van der Waals surface area contributed by atoms with Gasteiger partial charge >= 0.3 is 12.0 Å². The van der Waals surface area contributed by atoms with Crippen LogP contribution in [0.4, 0.5) is 21.9 Å². The fourth-order valence-electron chi connectivity index (χ4n) is 2.94. The standard InChI is InChI=1S/C17H20N4O3/c1-21-8-4-6-11-5-3-7-13(15(11)21)20-17(23)19-12-9-14(18-10-12)16(22)24-2/h3,5,7,9-10,18H,4,6,8H2,1-2H3,(H2,19,20,23). The molecule has 2 aromatic rings. The number of H-pyrrole nitrogens is 1. The third-order valence-corrected chi connectivity index (χ3v) is 4.04. The Kier molecular flexibility index (Phi) is 4.41. The number of hydrogen-bond acceptors (Lipinski definition) is 4. The Balaban J connectivity index is 1.72. The van der Waals surface area contributed by atoms with Crippen LogP contribution in [-0.2, 0) is 11.2 Å². The zero-order valence-corrected chi connectivity index (χ0v) is 13.7. The second-order valence-corrected chi connectivity index (χ2v) is 5.71. The van der Waals surface area contributed by atoms with Crippen molar-refractivity contribution in [3.05, 3.63) is 41.7 Å². The minimum atomic E-state index is -0.484. The molecule has 2 heterocycles. The number of rotatable bonds is 3. The van der Waals surface area contributed by atoms with Crippen molar-refractivity contribution in [1.29, 1.82) is 0 Å². The monoisotopic (exact) mass is 328 g/mol. The summed E-state index contributed by atoms with van der Waals surface area (Å²) in [5, 5.41) is 5.58. The number of anilines is 3. The van der Waals surface area contributed by atoms with Gasteiger partial charge in [-0.05, 0) is 30.5 Å². The van der Waals surface area contributed by atoms with Gasteiger partial charge in [-0.25, -0.2) is 9.59 Å². The highest BCUT2D eigenvalue weighted by Gasteiger charge is 2.18. The number of urea groups is 1. The molecule has 2 amide bonds. The summed E-state index contributed by atoms with van der Waals surface area (Å²) in [5.74, 6) is -0.484. The normalized spacial score (nSPS) is 13.2. The van der Waals surface area contributed by atoms with Gasteiger partial charge in [0.2, 0.25) is 0 Å². The van der Waals surface area contributed by atoms with Gasteiger partial charge < -0.3 is 25.3 Å². The fraction of sp³-hybridized carbons (Fsp3) is 0.294. The van der Waals surface area contributed by atoms with Gasteiger partial charge in [0.1, 0.15) is 5.69 Å². The van der Waals surface area contributed by atoms with E-state index in [1.54, 1.807) is 6.20 Å². The second kappa shape index (κ2) is 6.66. The molecule has 3 N–H and O–H groups in total. The number of carbonyl (C=O) groups is 2. The topological polar surface area (TPSA) is 86.5 Å². The van der Waals surface area contributed by atoms with Crippen molar-refractivity contribution >= 4 is 29.1 Å². The molecule has 1 aromatic heterocycles. The highest BCUT2D eigenvalue weighted by Crippen LogP contribution is 2.33. The van der Waals surface area contributed by atoms with Crippen LogP contribution in [0.2, 0.25) is 0 Å². The third-order valence-electron chi connectivity index (χ3n) is 4.04. The van der Waals surface area contributed by atoms with Crippen molar-refractivity contribution in [1.82, 2.24) is 4.98 Å². The Morgan fingerprint density at radius 2 is 2.12 bits per heavy atom. The summed E-state index contributed by atoms with van der Waals surface area (Å²) < 4.78 is 4.62. The Hall–Kier alpha value is -2.96. The highest BCUT2D eigenvalue weighted by atomic mass is 16.5. The number of fused-ring (bicyclic) bond motifs is 1. The number of nitrogens with one attached hydrogen (secondary N) is 3. The molecule has 0 radical (unpaired) electrons. The molecule has 0 saturated carbocycles. The van der Waals surface area contributed by atoms with Crippen molar-refractivity contribution in [3.63, 3.8) is 0 Å². The highest BCUT2D eigenvalue weighted by molar-refractivity contribution is 6.02. The van der Waals surface area contributed by atoms with E-state index in [-0.39, 0.29) is 11.7 Å². The SMILES string of the molecule is COC(=O)c1cc(NC(=O)Nc2cccc3c2N(C)CCC3)c[nH]1. The fourth-order valence-corrected chi connectivity index (χ4v) is 2.94. The molecular weight excluding hydrogens is 308 g/mol. The lowest BCUT2D eigenvalue weighted by Gasteiger charge is -2.29. The molecule has 126 valence electrons. The van der Waals surface area contributed by atoms with E-state index >= 15 is 0 Å². The van der Waals surface area contributed by atoms with E-state index in [2.05, 4.69) is 31.3 Å². The van der Waals surface area contributed by atoms with Crippen molar-refractivity contribution < 1.29 is 14.3 Å². The molecule has 0 unspecified atom stereocenters. The number of hydrogen-bond donors (Lipinski definition) is 3. The van der Waals surface area contributed by atoms with Gasteiger partial charge in [-0.1, -0.05) is 12.1 Å². The molecule has 0 fully saturated rings. The zero-order chi connectivity index (χ0) is 17.1. The molecule has 0 atom stereocenters. The molecule has 0 bridgehead atoms. The van der Waals surface area contributed by atoms with Crippen molar-refractivity contribution in [2.75, 3.05) is 36.2 Å². The van der Waals surface area contributed by atoms with Gasteiger partial charge in [0.05, 0.1) is 24.2 Å². The first kappa shape index (κ1) is 15.9. The Morgan fingerprint density at radius 3 is 2.92 bits per heavy atom. The van der Waals surface area contributed by atoms with Gasteiger partial charge in [-0.15, -0.1) is 0 Å². The van der Waals surface area contributed by atoms with Crippen molar-refractivity contribution in [2.45, 2.75) is 12.8 Å². The number of aromatic amines is 1. The minimum Gasteiger partial charge on any atom is -0.464 e. The first-order valence-electron chi connectivity index (χ1n) is 7.76. The summed E-state index contributed by atoms with van der Waals surface area (Å²) in [6, 6.07) is 7.08. The first-order valence-corrected chi connectivity index (χ1v) is 7.76. The number of nitrogens with zero attached hydrogens (tertiary/aromatic N) is 1. The van der Waals surface area contributed by atoms with Crippen LogP contribution in [0, 0.1) is 0 Å². The van der Waals surface area contributed by atoms with E-state index in [9.17, 15) is 9.59 Å². The molecule has 0 saturated heterocycles. The maximum Gasteiger partial charge on any atom is 0.354 e. The van der Waals surface area contributed by atoms with E-state index in [0.29, 0.717) is 5.69 Å². The summed E-state index contributed by atoms with van der Waals surface area (Å²) in [7, 11) is 3.33. The maximum absolute atomic E-state index is 12.3. The van der Waals surface area contributed by atoms with Gasteiger partial charge in [-0.3, -0.25) is 0 Å². The van der Waals surface area contributed by atoms with Gasteiger partial charge in [-0.2, -0.15) is 0 Å². The van der Waals surface area contributed by atoms with Crippen LogP contribution < -0.4 is 15.5 Å². The first-order chi connectivity index (χ1) is 11.6. The zero-order valence-electron chi connectivity index (χ0n) is 13.7. The number of carbonyl (C=O) groups excluding carboxylic acids is 2. The molecule has 24 heavy (non-hydrogen) atoms. The predicted octanol–water partition coefficient (Wildman–Crippen LogP) is 2.83. The molecule has 7 heteroatoms. The lowest BCUT2D eigenvalue weighted by molar-refractivity contribution is 0.0595. The number of aromatic nitrogens is 1. The van der Waals surface area contributed by atoms with Crippen LogP contribution in [0.15, 0.2) is 30.5 Å². The Labute approximate surface area is 140 Å². The van der Waals surface area contributed by atoms with Crippen LogP contribution in [0.25, 0.3) is 0 Å². The van der Waals surface area contributed by atoms with E-state index in [1.807, 2.05) is 19.2 Å². The molecule has 1 aliphatic rings. The summed E-state index contributed by atoms with van der Waals surface area (Å²) in [4.78, 5) is 28.6. The quantitative estimate of drug-likeness (QED) is 0.756. The van der Waals surface area contributed by atoms with Crippen LogP contribution in [0.1, 0.15) is 22.5 Å². The number of methoxy groups -OCH3 is 1. The number of amides is 2. The summed E-state index contributed by atoms with van der Waals surface area (Å²) >= 11 is 0. The van der Waals surface area contributed by atoms with Gasteiger partial charge in [0.15, 0.2) is 0 Å². The second-order valence-electron chi connectivity index (χ2n) is 5.71. The van der Waals surface area contributed by atoms with Crippen LogP contribution >= 0.6 is 0 Å². The van der Waals surface area contributed by atoms with Gasteiger partial charge in [0, 0.05) is 19.8 Å². The third kappa shape index (κ3) is 3.19. The maximum atomic E-state index is 12.3. The molecule has 1 aromatic carbocycles. The molecule has 7 nitrogen and oxygen atoms in total. The largest absolute Gasteiger partial charge is 0.464 e. The van der Waals surface area contributed by atoms with Crippen LogP contribution in [0.5, 0.6) is 0 Å².